The van der Waals surface area contributed by atoms with E-state index in [0.29, 0.717) is 13.1 Å². The normalized spacial score (nSPS) is 16.2. The third-order valence-corrected chi connectivity index (χ3v) is 5.88. The molecule has 2 N–H and O–H groups in total. The van der Waals surface area contributed by atoms with E-state index < -0.39 is 10.0 Å². The van der Waals surface area contributed by atoms with Crippen molar-refractivity contribution in [2.24, 2.45) is 0 Å². The maximum Gasteiger partial charge on any atom is 0.246 e. The number of nitrogens with zero attached hydrogens (tertiary/aromatic N) is 3. The van der Waals surface area contributed by atoms with Crippen LogP contribution in [-0.4, -0.2) is 29.2 Å². The first-order valence-corrected chi connectivity index (χ1v) is 8.02. The second-order valence-corrected chi connectivity index (χ2v) is 7.17. The van der Waals surface area contributed by atoms with Crippen LogP contribution in [0.25, 0.3) is 0 Å². The lowest BCUT2D eigenvalue weighted by molar-refractivity contribution is 0.394. The van der Waals surface area contributed by atoms with E-state index >= 15 is 0 Å². The quantitative estimate of drug-likeness (QED) is 0.888. The van der Waals surface area contributed by atoms with Gasteiger partial charge in [-0.05, 0) is 23.4 Å². The number of hydrogen-bond acceptors (Lipinski definition) is 6. The van der Waals surface area contributed by atoms with Gasteiger partial charge < -0.3 is 5.73 Å². The largest absolute Gasteiger partial charge is 0.368 e. The number of fused-ring (bicyclic) bond motifs is 1. The number of thiophene rings is 1. The second-order valence-electron chi connectivity index (χ2n) is 4.23. The summed E-state index contributed by atoms with van der Waals surface area (Å²) in [6.45, 7) is 0.895. The van der Waals surface area contributed by atoms with Crippen LogP contribution >= 0.6 is 11.3 Å². The Morgan fingerprint density at radius 2 is 2.05 bits per heavy atom. The number of rotatable bonds is 2. The van der Waals surface area contributed by atoms with Crippen LogP contribution < -0.4 is 5.73 Å². The van der Waals surface area contributed by atoms with Crippen LogP contribution in [0, 0.1) is 0 Å². The van der Waals surface area contributed by atoms with Crippen LogP contribution in [0.1, 0.15) is 10.4 Å². The maximum atomic E-state index is 12.4. The van der Waals surface area contributed by atoms with Gasteiger partial charge in [0, 0.05) is 18.0 Å². The number of hydrogen-bond donors (Lipinski definition) is 1. The Bertz CT molecular complexity index is 694. The molecule has 1 aliphatic rings. The van der Waals surface area contributed by atoms with Gasteiger partial charge in [0.15, 0.2) is 0 Å². The fourth-order valence-electron chi connectivity index (χ4n) is 2.04. The van der Waals surface area contributed by atoms with E-state index in [4.69, 9.17) is 5.73 Å². The first kappa shape index (κ1) is 12.5. The van der Waals surface area contributed by atoms with Gasteiger partial charge in [0.2, 0.25) is 16.0 Å². The average Bonchev–Trinajstić information content (AvgIpc) is 2.86. The zero-order valence-corrected chi connectivity index (χ0v) is 11.6. The van der Waals surface area contributed by atoms with Crippen LogP contribution in [0.15, 0.2) is 28.7 Å². The average molecular weight is 296 g/mol. The summed E-state index contributed by atoms with van der Waals surface area (Å²) in [6, 6.07) is 1.97. The molecule has 0 aliphatic carbocycles. The lowest BCUT2D eigenvalue weighted by Gasteiger charge is -2.25. The van der Waals surface area contributed by atoms with Crippen molar-refractivity contribution in [1.82, 2.24) is 14.3 Å². The van der Waals surface area contributed by atoms with Crippen LogP contribution in [0.2, 0.25) is 0 Å². The summed E-state index contributed by atoms with van der Waals surface area (Å²) in [7, 11) is -3.54. The third kappa shape index (κ3) is 2.22. The highest BCUT2D eigenvalue weighted by Crippen LogP contribution is 2.27. The van der Waals surface area contributed by atoms with Gasteiger partial charge in [-0.15, -0.1) is 11.3 Å². The zero-order chi connectivity index (χ0) is 13.5. The summed E-state index contributed by atoms with van der Waals surface area (Å²) < 4.78 is 26.3. The lowest BCUT2D eigenvalue weighted by atomic mass is 10.1. The van der Waals surface area contributed by atoms with Crippen LogP contribution in [0.5, 0.6) is 0 Å². The Kier molecular flexibility index (Phi) is 3.00. The highest BCUT2D eigenvalue weighted by molar-refractivity contribution is 7.89. The molecular formula is C11H12N4O2S2. The van der Waals surface area contributed by atoms with Crippen molar-refractivity contribution in [1.29, 1.82) is 0 Å². The molecule has 0 saturated heterocycles. The van der Waals surface area contributed by atoms with Gasteiger partial charge in [0.25, 0.3) is 0 Å². The standard InChI is InChI=1S/C11H12N4O2S2/c12-11-13-5-9(6-14-11)19(16,17)15-3-1-10-8(7-15)2-4-18-10/h2,4-6H,1,3,7H2,(H2,12,13,14). The number of aromatic nitrogens is 2. The second kappa shape index (κ2) is 4.55. The van der Waals surface area contributed by atoms with Gasteiger partial charge in [-0.1, -0.05) is 0 Å². The molecule has 2 aromatic heterocycles. The third-order valence-electron chi connectivity index (χ3n) is 3.06. The molecule has 0 aromatic carbocycles. The molecule has 0 radical (unpaired) electrons. The Morgan fingerprint density at radius 3 is 2.79 bits per heavy atom. The van der Waals surface area contributed by atoms with Crippen molar-refractivity contribution in [2.45, 2.75) is 17.9 Å². The van der Waals surface area contributed by atoms with Crippen molar-refractivity contribution < 1.29 is 8.42 Å². The molecule has 0 unspecified atom stereocenters. The van der Waals surface area contributed by atoms with E-state index in [1.54, 1.807) is 11.3 Å². The molecule has 1 aliphatic heterocycles. The number of nitrogen functional groups attached to an aromatic ring is 1. The minimum atomic E-state index is -3.54. The molecule has 0 bridgehead atoms. The minimum absolute atomic E-state index is 0.0673. The predicted molar refractivity (Wildman–Crippen MR) is 72.1 cm³/mol. The van der Waals surface area contributed by atoms with Gasteiger partial charge in [-0.3, -0.25) is 0 Å². The molecule has 0 spiro atoms. The summed E-state index contributed by atoms with van der Waals surface area (Å²) >= 11 is 1.67. The summed E-state index contributed by atoms with van der Waals surface area (Å²) in [4.78, 5) is 8.82. The first-order chi connectivity index (χ1) is 9.07. The summed E-state index contributed by atoms with van der Waals surface area (Å²) in [5.41, 5.74) is 6.45. The molecule has 100 valence electrons. The monoisotopic (exact) mass is 296 g/mol. The minimum Gasteiger partial charge on any atom is -0.368 e. The molecule has 0 amide bonds. The molecule has 19 heavy (non-hydrogen) atoms. The molecular weight excluding hydrogens is 284 g/mol. The lowest BCUT2D eigenvalue weighted by Crippen LogP contribution is -2.35. The van der Waals surface area contributed by atoms with E-state index in [9.17, 15) is 8.42 Å². The molecule has 3 heterocycles. The Balaban J connectivity index is 1.92. The van der Waals surface area contributed by atoms with Crippen LogP contribution in [0.4, 0.5) is 5.95 Å². The molecule has 6 nitrogen and oxygen atoms in total. The first-order valence-electron chi connectivity index (χ1n) is 5.70. The van der Waals surface area contributed by atoms with E-state index in [-0.39, 0.29) is 10.8 Å². The Labute approximate surface area is 115 Å². The van der Waals surface area contributed by atoms with Gasteiger partial charge in [0.1, 0.15) is 4.90 Å². The smallest absolute Gasteiger partial charge is 0.246 e. The molecule has 3 rings (SSSR count). The molecule has 0 saturated carbocycles. The van der Waals surface area contributed by atoms with Gasteiger partial charge in [-0.25, -0.2) is 18.4 Å². The van der Waals surface area contributed by atoms with Crippen molar-refractivity contribution in [2.75, 3.05) is 12.3 Å². The van der Waals surface area contributed by atoms with Crippen molar-refractivity contribution in [3.63, 3.8) is 0 Å². The van der Waals surface area contributed by atoms with Crippen LogP contribution in [0.3, 0.4) is 0 Å². The van der Waals surface area contributed by atoms with E-state index in [2.05, 4.69) is 9.97 Å². The van der Waals surface area contributed by atoms with Gasteiger partial charge >= 0.3 is 0 Å². The van der Waals surface area contributed by atoms with E-state index in [1.807, 2.05) is 11.4 Å². The topological polar surface area (TPSA) is 89.2 Å². The van der Waals surface area contributed by atoms with E-state index in [1.165, 1.54) is 21.6 Å². The summed E-state index contributed by atoms with van der Waals surface area (Å²) in [5.74, 6) is 0.0673. The number of sulfonamides is 1. The van der Waals surface area contributed by atoms with Gasteiger partial charge in [0.05, 0.1) is 12.4 Å². The zero-order valence-electron chi connectivity index (χ0n) is 9.98. The summed E-state index contributed by atoms with van der Waals surface area (Å²) in [6.07, 6.45) is 3.25. The van der Waals surface area contributed by atoms with Crippen molar-refractivity contribution in [3.05, 3.63) is 34.3 Å². The summed E-state index contributed by atoms with van der Waals surface area (Å²) in [5, 5.41) is 1.99. The van der Waals surface area contributed by atoms with Gasteiger partial charge in [-0.2, -0.15) is 4.31 Å². The Morgan fingerprint density at radius 1 is 1.32 bits per heavy atom. The fourth-order valence-corrected chi connectivity index (χ4v) is 4.24. The maximum absolute atomic E-state index is 12.4. The fraction of sp³-hybridized carbons (Fsp3) is 0.273. The SMILES string of the molecule is Nc1ncc(S(=O)(=O)N2CCc3sccc3C2)cn1. The predicted octanol–water partition coefficient (Wildman–Crippen LogP) is 0.867. The Hall–Kier alpha value is -1.51. The molecule has 0 atom stereocenters. The highest BCUT2D eigenvalue weighted by Gasteiger charge is 2.29. The van der Waals surface area contributed by atoms with Crippen LogP contribution in [-0.2, 0) is 23.0 Å². The van der Waals surface area contributed by atoms with Crippen molar-refractivity contribution in [3.8, 4) is 0 Å². The number of nitrogens with two attached hydrogens (primary N) is 1. The molecule has 8 heteroatoms. The molecule has 0 fully saturated rings. The number of anilines is 1. The molecule has 2 aromatic rings. The highest BCUT2D eigenvalue weighted by atomic mass is 32.2. The van der Waals surface area contributed by atoms with Crippen molar-refractivity contribution >= 4 is 27.3 Å². The van der Waals surface area contributed by atoms with E-state index in [0.717, 1.165) is 12.0 Å².